The van der Waals surface area contributed by atoms with Crippen LogP contribution in [0.1, 0.15) is 70.4 Å². The Hall–Kier alpha value is -3.45. The van der Waals surface area contributed by atoms with Crippen LogP contribution in [0, 0.1) is 0 Å². The van der Waals surface area contributed by atoms with Crippen molar-refractivity contribution in [1.82, 2.24) is 10.2 Å². The average Bonchev–Trinajstić information content (AvgIpc) is 3.22. The number of nitrogens with two attached hydrogens (primary N) is 1. The van der Waals surface area contributed by atoms with Gasteiger partial charge < -0.3 is 15.8 Å². The number of guanidine groups is 1. The number of aliphatic imine (C=N–C) groups is 1. The zero-order valence-electron chi connectivity index (χ0n) is 19.4. The highest BCUT2D eigenvalue weighted by molar-refractivity contribution is 5.99. The molecule has 2 aromatic carbocycles. The minimum atomic E-state index is -0.455. The fraction of sp³-hybridized carbons (Fsp3) is 0.370. The summed E-state index contributed by atoms with van der Waals surface area (Å²) < 4.78 is 5.44. The third kappa shape index (κ3) is 4.35. The normalized spacial score (nSPS) is 25.4. The molecule has 0 spiro atoms. The van der Waals surface area contributed by atoms with E-state index in [1.807, 2.05) is 18.2 Å². The Morgan fingerprint density at radius 3 is 2.88 bits per heavy atom. The van der Waals surface area contributed by atoms with Crippen molar-refractivity contribution in [2.75, 3.05) is 13.7 Å². The van der Waals surface area contributed by atoms with E-state index in [0.717, 1.165) is 36.8 Å². The summed E-state index contributed by atoms with van der Waals surface area (Å²) in [5, 5.41) is 3.21. The minimum absolute atomic E-state index is 0.0164. The van der Waals surface area contributed by atoms with E-state index in [0.29, 0.717) is 12.0 Å². The number of hydrogen-bond acceptors (Lipinski definition) is 5. The van der Waals surface area contributed by atoms with E-state index in [2.05, 4.69) is 40.7 Å². The van der Waals surface area contributed by atoms with E-state index in [1.165, 1.54) is 16.0 Å². The third-order valence-corrected chi connectivity index (χ3v) is 6.94. The van der Waals surface area contributed by atoms with Crippen LogP contribution in [0.15, 0.2) is 53.5 Å². The van der Waals surface area contributed by atoms with Crippen molar-refractivity contribution in [1.29, 1.82) is 0 Å². The van der Waals surface area contributed by atoms with E-state index < -0.39 is 6.04 Å². The second-order valence-electron chi connectivity index (χ2n) is 9.21. The molecule has 6 bridgehead atoms. The van der Waals surface area contributed by atoms with Crippen molar-refractivity contribution in [3.05, 3.63) is 76.4 Å². The number of nitrogens with one attached hydrogen (secondary N) is 1. The number of ether oxygens (including phenoxy) is 1. The van der Waals surface area contributed by atoms with Crippen LogP contribution < -0.4 is 11.1 Å². The molecule has 2 amide bonds. The van der Waals surface area contributed by atoms with Gasteiger partial charge >= 0.3 is 0 Å². The molecule has 3 heterocycles. The number of nitrogens with zero attached hydrogens (tertiary/aromatic N) is 2. The zero-order chi connectivity index (χ0) is 23.7. The Bertz CT molecular complexity index is 1170. The molecule has 0 saturated carbocycles. The first kappa shape index (κ1) is 22.3. The minimum Gasteiger partial charge on any atom is -0.382 e. The van der Waals surface area contributed by atoms with Gasteiger partial charge in [0.1, 0.15) is 0 Å². The third-order valence-electron chi connectivity index (χ3n) is 6.94. The molecule has 4 aliphatic rings. The van der Waals surface area contributed by atoms with Crippen LogP contribution in [0.2, 0.25) is 0 Å². The Balaban J connectivity index is 1.55. The van der Waals surface area contributed by atoms with Crippen molar-refractivity contribution >= 4 is 23.8 Å². The lowest BCUT2D eigenvalue weighted by molar-refractivity contribution is -0.131. The highest BCUT2D eigenvalue weighted by Crippen LogP contribution is 2.33. The van der Waals surface area contributed by atoms with Gasteiger partial charge in [-0.2, -0.15) is 0 Å². The molecule has 0 saturated heterocycles. The number of allylic oxidation sites excluding steroid dienone is 1. The molecule has 176 valence electrons. The summed E-state index contributed by atoms with van der Waals surface area (Å²) in [7, 11) is 1.59. The molecule has 3 atom stereocenters. The van der Waals surface area contributed by atoms with E-state index in [4.69, 9.17) is 10.5 Å². The molecular formula is C27H30N4O3. The molecule has 3 unspecified atom stereocenters. The van der Waals surface area contributed by atoms with Gasteiger partial charge in [0.25, 0.3) is 5.91 Å². The summed E-state index contributed by atoms with van der Waals surface area (Å²) in [4.78, 5) is 32.5. The highest BCUT2D eigenvalue weighted by atomic mass is 16.5. The molecule has 3 N–H and O–H groups in total. The number of carbonyl (C=O) groups is 2. The lowest BCUT2D eigenvalue weighted by atomic mass is 9.99. The first-order valence-corrected chi connectivity index (χ1v) is 11.9. The number of hydrogen-bond donors (Lipinski definition) is 2. The van der Waals surface area contributed by atoms with Gasteiger partial charge in [0.15, 0.2) is 5.96 Å². The zero-order valence-corrected chi connectivity index (χ0v) is 19.4. The summed E-state index contributed by atoms with van der Waals surface area (Å²) in [5.41, 5.74) is 11.2. The van der Waals surface area contributed by atoms with Gasteiger partial charge in [-0.3, -0.25) is 14.5 Å². The molecule has 1 aliphatic carbocycles. The maximum absolute atomic E-state index is 13.2. The van der Waals surface area contributed by atoms with Gasteiger partial charge in [0.2, 0.25) is 5.91 Å². The maximum Gasteiger partial charge on any atom is 0.251 e. The molecule has 6 rings (SSSR count). The molecule has 7 nitrogen and oxygen atoms in total. The lowest BCUT2D eigenvalue weighted by Crippen LogP contribution is -2.50. The topological polar surface area (TPSA) is 97.0 Å². The molecule has 3 aliphatic heterocycles. The fourth-order valence-corrected chi connectivity index (χ4v) is 5.21. The van der Waals surface area contributed by atoms with Gasteiger partial charge in [-0.1, -0.05) is 36.4 Å². The standard InChI is InChI=1S/C27H30N4O3/c1-34-16-24-19-6-4-7-20(14-19)26(33)30-23-12-11-18-10-9-17(13-22(18)23)5-2-3-8-21-15-25(32)31(24)27(28)29-21/h2,4-7,9-10,13-14,21,23-24H,3,8,11-12,15-16H2,1H3,(H2,28,29)(H,30,33)/b5-2-. The monoisotopic (exact) mass is 458 g/mol. The summed E-state index contributed by atoms with van der Waals surface area (Å²) in [6.45, 7) is 0.249. The predicted octanol–water partition coefficient (Wildman–Crippen LogP) is 3.51. The van der Waals surface area contributed by atoms with Crippen LogP contribution in [0.4, 0.5) is 0 Å². The van der Waals surface area contributed by atoms with E-state index in [1.54, 1.807) is 13.2 Å². The Kier molecular flexibility index (Phi) is 6.20. The predicted molar refractivity (Wildman–Crippen MR) is 131 cm³/mol. The second-order valence-corrected chi connectivity index (χ2v) is 9.21. The van der Waals surface area contributed by atoms with Gasteiger partial charge in [-0.15, -0.1) is 0 Å². The average molecular weight is 459 g/mol. The van der Waals surface area contributed by atoms with E-state index in [-0.39, 0.29) is 36.5 Å². The smallest absolute Gasteiger partial charge is 0.251 e. The Morgan fingerprint density at radius 1 is 1.18 bits per heavy atom. The van der Waals surface area contributed by atoms with Gasteiger partial charge in [0.05, 0.1) is 24.7 Å². The van der Waals surface area contributed by atoms with Crippen molar-refractivity contribution in [3.63, 3.8) is 0 Å². The van der Waals surface area contributed by atoms with Crippen molar-refractivity contribution < 1.29 is 14.3 Å². The maximum atomic E-state index is 13.2. The number of rotatable bonds is 2. The number of aryl methyl sites for hydroxylation is 1. The number of carbonyl (C=O) groups excluding carboxylic acids is 2. The molecule has 7 heteroatoms. The molecular weight excluding hydrogens is 428 g/mol. The van der Waals surface area contributed by atoms with Crippen LogP contribution in [0.5, 0.6) is 0 Å². The lowest BCUT2D eigenvalue weighted by Gasteiger charge is -2.35. The van der Waals surface area contributed by atoms with Crippen LogP contribution >= 0.6 is 0 Å². The highest BCUT2D eigenvalue weighted by Gasteiger charge is 2.34. The SMILES string of the molecule is COCC1c2cccc(c2)C(=O)NC2CCc3ccc(cc32)/C=C\CCC2CC(=O)N1C(N)=N2. The molecule has 34 heavy (non-hydrogen) atoms. The number of fused-ring (bicyclic) bond motifs is 4. The molecule has 2 aromatic rings. The first-order valence-electron chi connectivity index (χ1n) is 11.9. The number of amides is 2. The van der Waals surface area contributed by atoms with Crippen LogP contribution in [-0.2, 0) is 16.0 Å². The molecule has 0 aromatic heterocycles. The summed E-state index contributed by atoms with van der Waals surface area (Å²) in [6, 6.07) is 13.2. The van der Waals surface area contributed by atoms with Crippen molar-refractivity contribution in [2.24, 2.45) is 10.7 Å². The molecule has 0 radical (unpaired) electrons. The molecule has 0 fully saturated rings. The summed E-state index contributed by atoms with van der Waals surface area (Å²) in [6.07, 6.45) is 7.92. The fourth-order valence-electron chi connectivity index (χ4n) is 5.21. The van der Waals surface area contributed by atoms with Gasteiger partial charge in [0, 0.05) is 19.1 Å². The van der Waals surface area contributed by atoms with E-state index >= 15 is 0 Å². The quantitative estimate of drug-likeness (QED) is 0.720. The Labute approximate surface area is 199 Å². The van der Waals surface area contributed by atoms with Crippen LogP contribution in [0.25, 0.3) is 6.08 Å². The van der Waals surface area contributed by atoms with Crippen molar-refractivity contribution in [3.8, 4) is 0 Å². The number of methoxy groups -OCH3 is 1. The summed E-state index contributed by atoms with van der Waals surface area (Å²) in [5.74, 6) is -0.00951. The van der Waals surface area contributed by atoms with Crippen molar-refractivity contribution in [2.45, 2.75) is 50.2 Å². The van der Waals surface area contributed by atoms with Crippen LogP contribution in [0.3, 0.4) is 0 Å². The van der Waals surface area contributed by atoms with E-state index in [9.17, 15) is 9.59 Å². The van der Waals surface area contributed by atoms with Gasteiger partial charge in [-0.05, 0) is 66.1 Å². The summed E-state index contributed by atoms with van der Waals surface area (Å²) >= 11 is 0. The van der Waals surface area contributed by atoms with Gasteiger partial charge in [-0.25, -0.2) is 4.99 Å². The number of benzene rings is 2. The van der Waals surface area contributed by atoms with Crippen LogP contribution in [-0.4, -0.2) is 42.4 Å². The Morgan fingerprint density at radius 2 is 2.06 bits per heavy atom. The largest absolute Gasteiger partial charge is 0.382 e. The second kappa shape index (κ2) is 9.43. The first-order chi connectivity index (χ1) is 16.5.